The molecule has 2 aromatic carbocycles. The first kappa shape index (κ1) is 22.5. The highest BCUT2D eigenvalue weighted by Crippen LogP contribution is 2.29. The number of carbonyl (C=O) groups excluding carboxylic acids is 1. The largest absolute Gasteiger partial charge is 0.320 e. The number of benzene rings is 2. The molecule has 0 radical (unpaired) electrons. The Morgan fingerprint density at radius 3 is 2.44 bits per heavy atom. The van der Waals surface area contributed by atoms with Crippen LogP contribution in [0, 0.1) is 13.8 Å². The van der Waals surface area contributed by atoms with Crippen molar-refractivity contribution in [1.82, 2.24) is 14.1 Å². The van der Waals surface area contributed by atoms with Crippen LogP contribution in [0.3, 0.4) is 0 Å². The van der Waals surface area contributed by atoms with Crippen LogP contribution in [0.25, 0.3) is 5.69 Å². The lowest BCUT2D eigenvalue weighted by atomic mass is 10.2. The molecule has 1 fully saturated rings. The number of piperidine rings is 1. The number of rotatable bonds is 5. The van der Waals surface area contributed by atoms with Gasteiger partial charge < -0.3 is 5.32 Å². The second kappa shape index (κ2) is 9.05. The zero-order valence-electron chi connectivity index (χ0n) is 18.0. The summed E-state index contributed by atoms with van der Waals surface area (Å²) in [4.78, 5) is 13.0. The van der Waals surface area contributed by atoms with Gasteiger partial charge in [-0.15, -0.1) is 0 Å². The molecule has 7 nitrogen and oxygen atoms in total. The van der Waals surface area contributed by atoms with Crippen molar-refractivity contribution in [1.29, 1.82) is 0 Å². The van der Waals surface area contributed by atoms with Crippen molar-refractivity contribution in [3.05, 3.63) is 70.5 Å². The molecule has 0 saturated carbocycles. The molecule has 1 aliphatic heterocycles. The van der Waals surface area contributed by atoms with Crippen molar-refractivity contribution in [2.45, 2.75) is 38.0 Å². The van der Waals surface area contributed by atoms with Gasteiger partial charge in [0.05, 0.1) is 22.1 Å². The van der Waals surface area contributed by atoms with Crippen LogP contribution in [-0.4, -0.2) is 41.5 Å². The minimum absolute atomic E-state index is 0.0412. The molecule has 3 aromatic rings. The van der Waals surface area contributed by atoms with E-state index in [1.54, 1.807) is 10.7 Å². The van der Waals surface area contributed by atoms with E-state index in [1.807, 2.05) is 38.1 Å². The van der Waals surface area contributed by atoms with Gasteiger partial charge in [-0.05, 0) is 63.1 Å². The first-order valence-electron chi connectivity index (χ1n) is 10.5. The zero-order valence-corrected chi connectivity index (χ0v) is 19.6. The Hall–Kier alpha value is -2.68. The van der Waals surface area contributed by atoms with Gasteiger partial charge >= 0.3 is 0 Å². The van der Waals surface area contributed by atoms with Gasteiger partial charge in [0.25, 0.3) is 5.91 Å². The van der Waals surface area contributed by atoms with Crippen molar-refractivity contribution in [3.63, 3.8) is 0 Å². The molecule has 1 aromatic heterocycles. The van der Waals surface area contributed by atoms with Crippen molar-refractivity contribution in [2.75, 3.05) is 18.4 Å². The molecule has 0 unspecified atom stereocenters. The van der Waals surface area contributed by atoms with Gasteiger partial charge in [-0.25, -0.2) is 13.1 Å². The second-order valence-electron chi connectivity index (χ2n) is 7.92. The summed E-state index contributed by atoms with van der Waals surface area (Å²) in [7, 11) is -3.77. The lowest BCUT2D eigenvalue weighted by Gasteiger charge is -2.26. The topological polar surface area (TPSA) is 84.3 Å². The van der Waals surface area contributed by atoms with Crippen LogP contribution < -0.4 is 5.32 Å². The number of halogens is 1. The maximum atomic E-state index is 13.1. The summed E-state index contributed by atoms with van der Waals surface area (Å²) < 4.78 is 29.4. The van der Waals surface area contributed by atoms with E-state index >= 15 is 0 Å². The smallest absolute Gasteiger partial charge is 0.255 e. The van der Waals surface area contributed by atoms with E-state index in [1.165, 1.54) is 22.5 Å². The fourth-order valence-electron chi connectivity index (χ4n) is 3.92. The molecular formula is C23H25ClN4O3S. The Balaban J connectivity index is 1.65. The molecule has 32 heavy (non-hydrogen) atoms. The number of anilines is 1. The van der Waals surface area contributed by atoms with Gasteiger partial charge in [0.1, 0.15) is 4.90 Å². The summed E-state index contributed by atoms with van der Waals surface area (Å²) in [5.74, 6) is -0.425. The lowest BCUT2D eigenvalue weighted by Crippen LogP contribution is -2.35. The van der Waals surface area contributed by atoms with E-state index in [9.17, 15) is 13.2 Å². The zero-order chi connectivity index (χ0) is 22.9. The Labute approximate surface area is 193 Å². The normalized spacial score (nSPS) is 15.0. The number of nitrogens with one attached hydrogen (secondary N) is 1. The minimum Gasteiger partial charge on any atom is -0.320 e. The highest BCUT2D eigenvalue weighted by Gasteiger charge is 2.29. The van der Waals surface area contributed by atoms with Gasteiger partial charge in [-0.3, -0.25) is 4.79 Å². The molecule has 1 N–H and O–H groups in total. The number of nitrogens with zero attached hydrogens (tertiary/aromatic N) is 3. The third-order valence-electron chi connectivity index (χ3n) is 5.52. The monoisotopic (exact) mass is 472 g/mol. The summed E-state index contributed by atoms with van der Waals surface area (Å²) in [5, 5.41) is 7.49. The summed E-state index contributed by atoms with van der Waals surface area (Å²) in [6.45, 7) is 4.77. The summed E-state index contributed by atoms with van der Waals surface area (Å²) in [6.07, 6.45) is 2.65. The van der Waals surface area contributed by atoms with Crippen molar-refractivity contribution in [3.8, 4) is 5.69 Å². The summed E-state index contributed by atoms with van der Waals surface area (Å²) in [6, 6.07) is 13.6. The van der Waals surface area contributed by atoms with Crippen LogP contribution in [0.4, 0.5) is 5.69 Å². The quantitative estimate of drug-likeness (QED) is 0.589. The molecule has 9 heteroatoms. The summed E-state index contributed by atoms with van der Waals surface area (Å²) in [5.41, 5.74) is 3.31. The van der Waals surface area contributed by atoms with Crippen LogP contribution in [0.5, 0.6) is 0 Å². The molecule has 4 rings (SSSR count). The standard InChI is InChI=1S/C23H25ClN4O3S/c1-16-14-17(2)28(26-16)21-9-5-4-8-20(21)25-23(29)18-10-11-19(24)22(15-18)32(30,31)27-12-6-3-7-13-27/h4-5,8-11,14-15H,3,6-7,12-13H2,1-2H3,(H,25,29). The number of aromatic nitrogens is 2. The molecule has 0 atom stereocenters. The fourth-order valence-corrected chi connectivity index (χ4v) is 5.94. The van der Waals surface area contributed by atoms with E-state index in [2.05, 4.69) is 10.4 Å². The van der Waals surface area contributed by atoms with Gasteiger partial charge in [0.2, 0.25) is 10.0 Å². The molecule has 2 heterocycles. The summed E-state index contributed by atoms with van der Waals surface area (Å²) >= 11 is 6.24. The Kier molecular flexibility index (Phi) is 6.37. The molecule has 1 aliphatic rings. The van der Waals surface area contributed by atoms with Crippen LogP contribution >= 0.6 is 11.6 Å². The second-order valence-corrected chi connectivity index (χ2v) is 10.2. The highest BCUT2D eigenvalue weighted by molar-refractivity contribution is 7.89. The first-order valence-corrected chi connectivity index (χ1v) is 12.3. The third kappa shape index (κ3) is 4.44. The number of sulfonamides is 1. The molecule has 1 saturated heterocycles. The van der Waals surface area contributed by atoms with E-state index in [-0.39, 0.29) is 15.5 Å². The number of para-hydroxylation sites is 2. The van der Waals surface area contributed by atoms with Crippen LogP contribution in [0.1, 0.15) is 41.0 Å². The van der Waals surface area contributed by atoms with Gasteiger partial charge in [0.15, 0.2) is 0 Å². The molecule has 0 spiro atoms. The van der Waals surface area contributed by atoms with E-state index in [0.29, 0.717) is 18.8 Å². The molecule has 0 aliphatic carbocycles. The van der Waals surface area contributed by atoms with Gasteiger partial charge in [0, 0.05) is 24.3 Å². The molecular weight excluding hydrogens is 448 g/mol. The predicted molar refractivity (Wildman–Crippen MR) is 125 cm³/mol. The third-order valence-corrected chi connectivity index (χ3v) is 7.90. The average molecular weight is 473 g/mol. The Bertz CT molecular complexity index is 1260. The van der Waals surface area contributed by atoms with E-state index in [0.717, 1.165) is 36.3 Å². The van der Waals surface area contributed by atoms with E-state index in [4.69, 9.17) is 11.6 Å². The maximum absolute atomic E-state index is 13.1. The SMILES string of the molecule is Cc1cc(C)n(-c2ccccc2NC(=O)c2ccc(Cl)c(S(=O)(=O)N3CCCCC3)c2)n1. The average Bonchev–Trinajstić information content (AvgIpc) is 3.12. The van der Waals surface area contributed by atoms with Crippen LogP contribution in [0.2, 0.25) is 5.02 Å². The number of hydrogen-bond donors (Lipinski definition) is 1. The van der Waals surface area contributed by atoms with Gasteiger partial charge in [-0.1, -0.05) is 30.2 Å². The number of aryl methyl sites for hydroxylation is 2. The first-order chi connectivity index (χ1) is 15.3. The lowest BCUT2D eigenvalue weighted by molar-refractivity contribution is 0.102. The number of carbonyl (C=O) groups is 1. The predicted octanol–water partition coefficient (Wildman–Crippen LogP) is 4.57. The number of hydrogen-bond acceptors (Lipinski definition) is 4. The molecule has 168 valence electrons. The maximum Gasteiger partial charge on any atom is 0.255 e. The fraction of sp³-hybridized carbons (Fsp3) is 0.304. The number of amides is 1. The highest BCUT2D eigenvalue weighted by atomic mass is 35.5. The van der Waals surface area contributed by atoms with Crippen molar-refractivity contribution in [2.24, 2.45) is 0 Å². The molecule has 0 bridgehead atoms. The Morgan fingerprint density at radius 2 is 1.75 bits per heavy atom. The van der Waals surface area contributed by atoms with Crippen molar-refractivity contribution < 1.29 is 13.2 Å². The van der Waals surface area contributed by atoms with Gasteiger partial charge in [-0.2, -0.15) is 9.40 Å². The van der Waals surface area contributed by atoms with E-state index < -0.39 is 15.9 Å². The minimum atomic E-state index is -3.77. The Morgan fingerprint density at radius 1 is 1.03 bits per heavy atom. The van der Waals surface area contributed by atoms with Crippen LogP contribution in [0.15, 0.2) is 53.4 Å². The van der Waals surface area contributed by atoms with Crippen LogP contribution in [-0.2, 0) is 10.0 Å². The van der Waals surface area contributed by atoms with Crippen molar-refractivity contribution >= 4 is 33.2 Å². The molecule has 1 amide bonds.